The maximum Gasteiger partial charge on any atom is 0.227 e. The van der Waals surface area contributed by atoms with Crippen LogP contribution in [-0.2, 0) is 6.42 Å². The first-order valence-corrected chi connectivity index (χ1v) is 7.40. The molecule has 0 atom stereocenters. The first kappa shape index (κ1) is 15.1. The summed E-state index contributed by atoms with van der Waals surface area (Å²) in [6.45, 7) is 3.91. The predicted molar refractivity (Wildman–Crippen MR) is 84.9 cm³/mol. The standard InChI is InChI=1S/C14H15BrClN3O/c1-4-12-18-13(17-3)8(2)14(19-12)20-11-6-5-9(15)7-10(11)16/h5-7H,4H2,1-3H3,(H,17,18,19). The van der Waals surface area contributed by atoms with Crippen LogP contribution in [0.4, 0.5) is 5.82 Å². The Hall–Kier alpha value is -1.33. The Labute approximate surface area is 131 Å². The third-order valence-corrected chi connectivity index (χ3v) is 3.59. The lowest BCUT2D eigenvalue weighted by molar-refractivity contribution is 0.455. The monoisotopic (exact) mass is 355 g/mol. The fourth-order valence-electron chi connectivity index (χ4n) is 1.70. The van der Waals surface area contributed by atoms with Crippen LogP contribution in [0.15, 0.2) is 22.7 Å². The van der Waals surface area contributed by atoms with Crippen molar-refractivity contribution >= 4 is 33.3 Å². The number of aromatic nitrogens is 2. The molecule has 0 bridgehead atoms. The van der Waals surface area contributed by atoms with Crippen molar-refractivity contribution in [3.05, 3.63) is 39.1 Å². The summed E-state index contributed by atoms with van der Waals surface area (Å²) in [4.78, 5) is 8.82. The number of nitrogens with one attached hydrogen (secondary N) is 1. The molecule has 2 rings (SSSR count). The number of nitrogens with zero attached hydrogens (tertiary/aromatic N) is 2. The second-order valence-corrected chi connectivity index (χ2v) is 5.52. The van der Waals surface area contributed by atoms with Crippen molar-refractivity contribution in [1.29, 1.82) is 0 Å². The van der Waals surface area contributed by atoms with Crippen LogP contribution < -0.4 is 10.1 Å². The van der Waals surface area contributed by atoms with Crippen LogP contribution in [0.3, 0.4) is 0 Å². The van der Waals surface area contributed by atoms with Crippen molar-refractivity contribution in [2.45, 2.75) is 20.3 Å². The quantitative estimate of drug-likeness (QED) is 0.870. The third-order valence-electron chi connectivity index (χ3n) is 2.80. The number of hydrogen-bond donors (Lipinski definition) is 1. The van der Waals surface area contributed by atoms with Crippen molar-refractivity contribution < 1.29 is 4.74 Å². The Morgan fingerprint density at radius 3 is 2.70 bits per heavy atom. The van der Waals surface area contributed by atoms with E-state index in [1.807, 2.05) is 27.0 Å². The SMILES string of the molecule is CCc1nc(NC)c(C)c(Oc2ccc(Br)cc2Cl)n1. The van der Waals surface area contributed by atoms with E-state index in [1.54, 1.807) is 12.1 Å². The van der Waals surface area contributed by atoms with Gasteiger partial charge in [0.25, 0.3) is 0 Å². The Balaban J connectivity index is 2.42. The number of benzene rings is 1. The third kappa shape index (κ3) is 3.22. The zero-order chi connectivity index (χ0) is 14.7. The highest BCUT2D eigenvalue weighted by Gasteiger charge is 2.13. The maximum absolute atomic E-state index is 6.17. The fourth-order valence-corrected chi connectivity index (χ4v) is 2.42. The van der Waals surface area contributed by atoms with Gasteiger partial charge in [-0.25, -0.2) is 4.98 Å². The largest absolute Gasteiger partial charge is 0.437 e. The second kappa shape index (κ2) is 6.41. The predicted octanol–water partition coefficient (Wildman–Crippen LogP) is 4.60. The lowest BCUT2D eigenvalue weighted by atomic mass is 10.3. The van der Waals surface area contributed by atoms with Gasteiger partial charge in [-0.3, -0.25) is 0 Å². The number of anilines is 1. The summed E-state index contributed by atoms with van der Waals surface area (Å²) in [6.07, 6.45) is 0.736. The van der Waals surface area contributed by atoms with Crippen molar-refractivity contribution in [3.8, 4) is 11.6 Å². The van der Waals surface area contributed by atoms with Gasteiger partial charge in [0.2, 0.25) is 5.88 Å². The number of ether oxygens (including phenoxy) is 1. The molecule has 0 unspecified atom stereocenters. The molecular weight excluding hydrogens is 342 g/mol. The van der Waals surface area contributed by atoms with Crippen molar-refractivity contribution in [2.24, 2.45) is 0 Å². The molecule has 1 aromatic heterocycles. The molecule has 2 aromatic rings. The second-order valence-electron chi connectivity index (χ2n) is 4.20. The topological polar surface area (TPSA) is 47.0 Å². The molecule has 0 radical (unpaired) electrons. The molecule has 0 aliphatic heterocycles. The molecule has 1 N–H and O–H groups in total. The van der Waals surface area contributed by atoms with Gasteiger partial charge in [-0.15, -0.1) is 0 Å². The fraction of sp³-hybridized carbons (Fsp3) is 0.286. The normalized spacial score (nSPS) is 10.4. The number of aryl methyl sites for hydroxylation is 1. The van der Waals surface area contributed by atoms with E-state index in [1.165, 1.54) is 0 Å². The van der Waals surface area contributed by atoms with Crippen LogP contribution in [0.1, 0.15) is 18.3 Å². The molecule has 1 aromatic carbocycles. The molecule has 0 aliphatic rings. The highest BCUT2D eigenvalue weighted by Crippen LogP contribution is 2.33. The van der Waals surface area contributed by atoms with Crippen LogP contribution in [0.25, 0.3) is 0 Å². The number of hydrogen-bond acceptors (Lipinski definition) is 4. The summed E-state index contributed by atoms with van der Waals surface area (Å²) in [5.74, 6) is 2.58. The van der Waals surface area contributed by atoms with Crippen LogP contribution in [0.2, 0.25) is 5.02 Å². The summed E-state index contributed by atoms with van der Waals surface area (Å²) in [5, 5.41) is 3.58. The minimum atomic E-state index is 0.519. The van der Waals surface area contributed by atoms with Crippen molar-refractivity contribution in [2.75, 3.05) is 12.4 Å². The van der Waals surface area contributed by atoms with E-state index in [0.29, 0.717) is 16.7 Å². The summed E-state index contributed by atoms with van der Waals surface area (Å²) < 4.78 is 6.74. The molecule has 20 heavy (non-hydrogen) atoms. The summed E-state index contributed by atoms with van der Waals surface area (Å²) in [6, 6.07) is 5.46. The smallest absolute Gasteiger partial charge is 0.227 e. The first-order chi connectivity index (χ1) is 9.55. The van der Waals surface area contributed by atoms with E-state index >= 15 is 0 Å². The molecular formula is C14H15BrClN3O. The zero-order valence-corrected chi connectivity index (χ0v) is 13.8. The van der Waals surface area contributed by atoms with Gasteiger partial charge in [0.15, 0.2) is 0 Å². The van der Waals surface area contributed by atoms with Crippen LogP contribution >= 0.6 is 27.5 Å². The first-order valence-electron chi connectivity index (χ1n) is 6.23. The van der Waals surface area contributed by atoms with Gasteiger partial charge in [-0.1, -0.05) is 34.5 Å². The van der Waals surface area contributed by atoms with Gasteiger partial charge in [0, 0.05) is 17.9 Å². The maximum atomic E-state index is 6.17. The van der Waals surface area contributed by atoms with E-state index in [0.717, 1.165) is 28.1 Å². The average Bonchev–Trinajstić information content (AvgIpc) is 2.43. The minimum absolute atomic E-state index is 0.519. The Morgan fingerprint density at radius 1 is 1.35 bits per heavy atom. The lowest BCUT2D eigenvalue weighted by Gasteiger charge is -2.13. The van der Waals surface area contributed by atoms with Gasteiger partial charge < -0.3 is 10.1 Å². The van der Waals surface area contributed by atoms with Crippen LogP contribution in [0, 0.1) is 6.92 Å². The van der Waals surface area contributed by atoms with Gasteiger partial charge in [-0.2, -0.15) is 4.98 Å². The van der Waals surface area contributed by atoms with Crippen LogP contribution in [0.5, 0.6) is 11.6 Å². The van der Waals surface area contributed by atoms with Crippen LogP contribution in [-0.4, -0.2) is 17.0 Å². The number of halogens is 2. The molecule has 6 heteroatoms. The average molecular weight is 357 g/mol. The highest BCUT2D eigenvalue weighted by atomic mass is 79.9. The summed E-state index contributed by atoms with van der Waals surface area (Å²) in [5.41, 5.74) is 0.851. The van der Waals surface area contributed by atoms with Crippen molar-refractivity contribution in [3.63, 3.8) is 0 Å². The van der Waals surface area contributed by atoms with Gasteiger partial charge >= 0.3 is 0 Å². The van der Waals surface area contributed by atoms with Gasteiger partial charge in [0.05, 0.1) is 10.6 Å². The Morgan fingerprint density at radius 2 is 2.10 bits per heavy atom. The van der Waals surface area contributed by atoms with Gasteiger partial charge in [0.1, 0.15) is 17.4 Å². The molecule has 0 aliphatic carbocycles. The molecule has 106 valence electrons. The van der Waals surface area contributed by atoms with E-state index in [9.17, 15) is 0 Å². The Kier molecular flexibility index (Phi) is 4.83. The lowest BCUT2D eigenvalue weighted by Crippen LogP contribution is -2.04. The molecule has 0 saturated carbocycles. The zero-order valence-electron chi connectivity index (χ0n) is 11.5. The van der Waals surface area contributed by atoms with Gasteiger partial charge in [-0.05, 0) is 25.1 Å². The summed E-state index contributed by atoms with van der Waals surface area (Å²) >= 11 is 9.53. The van der Waals surface area contributed by atoms with E-state index < -0.39 is 0 Å². The minimum Gasteiger partial charge on any atom is -0.437 e. The summed E-state index contributed by atoms with van der Waals surface area (Å²) in [7, 11) is 1.82. The van der Waals surface area contributed by atoms with E-state index in [4.69, 9.17) is 16.3 Å². The molecule has 4 nitrogen and oxygen atoms in total. The number of rotatable bonds is 4. The Bertz CT molecular complexity index is 634. The molecule has 1 heterocycles. The molecule has 0 fully saturated rings. The molecule has 0 spiro atoms. The van der Waals surface area contributed by atoms with E-state index in [-0.39, 0.29) is 0 Å². The van der Waals surface area contributed by atoms with Crippen molar-refractivity contribution in [1.82, 2.24) is 9.97 Å². The molecule has 0 amide bonds. The molecule has 0 saturated heterocycles. The van der Waals surface area contributed by atoms with E-state index in [2.05, 4.69) is 31.2 Å². The highest BCUT2D eigenvalue weighted by molar-refractivity contribution is 9.10.